The van der Waals surface area contributed by atoms with E-state index in [0.717, 1.165) is 17.9 Å². The molecule has 0 aliphatic heterocycles. The standard InChI is InChI=1S/C17H20Cl2N2O4S2/c1-21(2)16(13-6-4-5-7-14(13)18)11-20-27(24,25)17-10-12(26(3,22)23)8-9-15(17)19/h4-10,16,20H,11H2,1-3H3. The number of sulfone groups is 1. The molecule has 1 unspecified atom stereocenters. The Morgan fingerprint density at radius 1 is 1.00 bits per heavy atom. The molecule has 148 valence electrons. The van der Waals surface area contributed by atoms with Gasteiger partial charge < -0.3 is 4.90 Å². The molecule has 2 rings (SSSR count). The lowest BCUT2D eigenvalue weighted by atomic mass is 10.1. The molecular formula is C17H20Cl2N2O4S2. The Morgan fingerprint density at radius 3 is 2.19 bits per heavy atom. The van der Waals surface area contributed by atoms with E-state index in [4.69, 9.17) is 23.2 Å². The van der Waals surface area contributed by atoms with Gasteiger partial charge in [0, 0.05) is 23.9 Å². The van der Waals surface area contributed by atoms with E-state index in [9.17, 15) is 16.8 Å². The molecule has 0 heterocycles. The van der Waals surface area contributed by atoms with Crippen LogP contribution in [0, 0.1) is 0 Å². The molecule has 0 bridgehead atoms. The van der Waals surface area contributed by atoms with Crippen molar-refractivity contribution in [1.82, 2.24) is 9.62 Å². The fraction of sp³-hybridized carbons (Fsp3) is 0.294. The summed E-state index contributed by atoms with van der Waals surface area (Å²) in [5.41, 5.74) is 0.767. The van der Waals surface area contributed by atoms with E-state index in [0.29, 0.717) is 5.02 Å². The van der Waals surface area contributed by atoms with Crippen LogP contribution in [0.25, 0.3) is 0 Å². The summed E-state index contributed by atoms with van der Waals surface area (Å²) in [6.07, 6.45) is 1.000. The molecule has 6 nitrogen and oxygen atoms in total. The number of nitrogens with one attached hydrogen (secondary N) is 1. The maximum absolute atomic E-state index is 12.7. The van der Waals surface area contributed by atoms with Gasteiger partial charge in [-0.15, -0.1) is 0 Å². The molecular weight excluding hydrogens is 431 g/mol. The van der Waals surface area contributed by atoms with E-state index in [1.54, 1.807) is 26.2 Å². The third-order valence-electron chi connectivity index (χ3n) is 3.97. The number of benzene rings is 2. The number of halogens is 2. The van der Waals surface area contributed by atoms with Crippen LogP contribution in [0.3, 0.4) is 0 Å². The normalized spacial score (nSPS) is 13.7. The second-order valence-corrected chi connectivity index (χ2v) is 10.8. The summed E-state index contributed by atoms with van der Waals surface area (Å²) in [5, 5.41) is 0.460. The highest BCUT2D eigenvalue weighted by atomic mass is 35.5. The predicted molar refractivity (Wildman–Crippen MR) is 108 cm³/mol. The summed E-state index contributed by atoms with van der Waals surface area (Å²) in [6, 6.07) is 10.4. The molecule has 0 saturated heterocycles. The van der Waals surface area contributed by atoms with Gasteiger partial charge in [0.15, 0.2) is 9.84 Å². The van der Waals surface area contributed by atoms with E-state index in [1.807, 2.05) is 17.0 Å². The lowest BCUT2D eigenvalue weighted by Gasteiger charge is -2.26. The minimum absolute atomic E-state index is 0.0263. The number of rotatable bonds is 7. The van der Waals surface area contributed by atoms with Crippen molar-refractivity contribution < 1.29 is 16.8 Å². The molecule has 0 aliphatic carbocycles. The molecule has 0 fully saturated rings. The highest BCUT2D eigenvalue weighted by Gasteiger charge is 2.24. The van der Waals surface area contributed by atoms with E-state index in [2.05, 4.69) is 4.72 Å². The average Bonchev–Trinajstić information content (AvgIpc) is 2.55. The summed E-state index contributed by atoms with van der Waals surface area (Å²) in [4.78, 5) is 1.42. The zero-order chi connectivity index (χ0) is 20.4. The van der Waals surface area contributed by atoms with Crippen molar-refractivity contribution in [3.05, 3.63) is 58.1 Å². The van der Waals surface area contributed by atoms with Crippen molar-refractivity contribution in [1.29, 1.82) is 0 Å². The molecule has 2 aromatic carbocycles. The molecule has 0 spiro atoms. The number of hydrogen-bond donors (Lipinski definition) is 1. The van der Waals surface area contributed by atoms with Crippen molar-refractivity contribution in [2.24, 2.45) is 0 Å². The van der Waals surface area contributed by atoms with Gasteiger partial charge in [-0.25, -0.2) is 21.6 Å². The monoisotopic (exact) mass is 450 g/mol. The van der Waals surface area contributed by atoms with Gasteiger partial charge in [0.1, 0.15) is 4.90 Å². The Labute approximate surface area is 170 Å². The van der Waals surface area contributed by atoms with Crippen LogP contribution in [0.1, 0.15) is 11.6 Å². The summed E-state index contributed by atoms with van der Waals surface area (Å²) in [7, 11) is -4.00. The van der Waals surface area contributed by atoms with Gasteiger partial charge in [-0.1, -0.05) is 41.4 Å². The minimum Gasteiger partial charge on any atom is -0.301 e. The Balaban J connectivity index is 2.35. The molecule has 1 N–H and O–H groups in total. The zero-order valence-corrected chi connectivity index (χ0v) is 18.1. The van der Waals surface area contributed by atoms with Crippen molar-refractivity contribution in [3.63, 3.8) is 0 Å². The third kappa shape index (κ3) is 5.43. The Bertz CT molecular complexity index is 1040. The van der Waals surface area contributed by atoms with E-state index in [1.165, 1.54) is 12.1 Å². The molecule has 0 saturated carbocycles. The SMILES string of the molecule is CN(C)C(CNS(=O)(=O)c1cc(S(C)(=O)=O)ccc1Cl)c1ccccc1Cl. The lowest BCUT2D eigenvalue weighted by molar-refractivity contribution is 0.299. The largest absolute Gasteiger partial charge is 0.301 e. The fourth-order valence-corrected chi connectivity index (χ4v) is 5.05. The molecule has 2 aromatic rings. The first-order valence-electron chi connectivity index (χ1n) is 7.83. The third-order valence-corrected chi connectivity index (χ3v) is 7.33. The summed E-state index contributed by atoms with van der Waals surface area (Å²) in [5.74, 6) is 0. The number of sulfonamides is 1. The summed E-state index contributed by atoms with van der Waals surface area (Å²) >= 11 is 12.2. The van der Waals surface area contributed by atoms with Crippen molar-refractivity contribution in [2.45, 2.75) is 15.8 Å². The van der Waals surface area contributed by atoms with Gasteiger partial charge >= 0.3 is 0 Å². The van der Waals surface area contributed by atoms with E-state index in [-0.39, 0.29) is 27.4 Å². The molecule has 27 heavy (non-hydrogen) atoms. The van der Waals surface area contributed by atoms with Crippen LogP contribution in [0.2, 0.25) is 10.0 Å². The molecule has 10 heteroatoms. The number of hydrogen-bond acceptors (Lipinski definition) is 5. The van der Waals surface area contributed by atoms with Crippen molar-refractivity contribution >= 4 is 43.1 Å². The Morgan fingerprint density at radius 2 is 1.63 bits per heavy atom. The lowest BCUT2D eigenvalue weighted by Crippen LogP contribution is -2.34. The van der Waals surface area contributed by atoms with E-state index >= 15 is 0 Å². The first-order valence-corrected chi connectivity index (χ1v) is 12.0. The smallest absolute Gasteiger partial charge is 0.242 e. The van der Waals surface area contributed by atoms with Crippen molar-refractivity contribution in [2.75, 3.05) is 26.9 Å². The van der Waals surface area contributed by atoms with Crippen LogP contribution in [0.4, 0.5) is 0 Å². The molecule has 0 radical (unpaired) electrons. The Kier molecular flexibility index (Phi) is 6.94. The van der Waals surface area contributed by atoms with E-state index < -0.39 is 19.9 Å². The van der Waals surface area contributed by atoms with Crippen molar-refractivity contribution in [3.8, 4) is 0 Å². The van der Waals surface area contributed by atoms with Gasteiger partial charge in [-0.05, 0) is 43.9 Å². The second-order valence-electron chi connectivity index (χ2n) is 6.22. The molecule has 0 aliphatic rings. The first kappa shape index (κ1) is 22.1. The minimum atomic E-state index is -4.04. The summed E-state index contributed by atoms with van der Waals surface area (Å²) < 4.78 is 51.4. The van der Waals surface area contributed by atoms with Crippen LogP contribution in [-0.2, 0) is 19.9 Å². The second kappa shape index (κ2) is 8.46. The number of nitrogens with zero attached hydrogens (tertiary/aromatic N) is 1. The average molecular weight is 451 g/mol. The maximum Gasteiger partial charge on any atom is 0.242 e. The highest BCUT2D eigenvalue weighted by Crippen LogP contribution is 2.28. The predicted octanol–water partition coefficient (Wildman–Crippen LogP) is 2.98. The van der Waals surface area contributed by atoms with Gasteiger partial charge in [0.25, 0.3) is 0 Å². The van der Waals surface area contributed by atoms with Crippen LogP contribution in [-0.4, -0.2) is 48.6 Å². The van der Waals surface area contributed by atoms with Crippen LogP contribution in [0.15, 0.2) is 52.3 Å². The van der Waals surface area contributed by atoms with Gasteiger partial charge in [0.05, 0.1) is 9.92 Å². The van der Waals surface area contributed by atoms with Gasteiger partial charge in [-0.2, -0.15) is 0 Å². The highest BCUT2D eigenvalue weighted by molar-refractivity contribution is 7.91. The summed E-state index contributed by atoms with van der Waals surface area (Å²) in [6.45, 7) is 0.0263. The van der Waals surface area contributed by atoms with Crippen LogP contribution < -0.4 is 4.72 Å². The Hall–Kier alpha value is -1.16. The topological polar surface area (TPSA) is 83.6 Å². The molecule has 1 atom stereocenters. The fourth-order valence-electron chi connectivity index (χ4n) is 2.50. The molecule has 0 aromatic heterocycles. The molecule has 0 amide bonds. The first-order chi connectivity index (χ1) is 12.4. The van der Waals surface area contributed by atoms with Gasteiger partial charge in [0.2, 0.25) is 10.0 Å². The van der Waals surface area contributed by atoms with Crippen LogP contribution >= 0.6 is 23.2 Å². The zero-order valence-electron chi connectivity index (χ0n) is 15.0. The quantitative estimate of drug-likeness (QED) is 0.700. The number of likely N-dealkylation sites (N-methyl/N-ethyl adjacent to an activating group) is 1. The van der Waals surface area contributed by atoms with Crippen LogP contribution in [0.5, 0.6) is 0 Å². The maximum atomic E-state index is 12.7. The van der Waals surface area contributed by atoms with Gasteiger partial charge in [-0.3, -0.25) is 0 Å².